The minimum absolute atomic E-state index is 0.0213. The molecular formula is C14H11BrN4O. The van der Waals surface area contributed by atoms with Crippen LogP contribution < -0.4 is 5.73 Å². The number of halogens is 1. The van der Waals surface area contributed by atoms with Gasteiger partial charge in [-0.2, -0.15) is 0 Å². The molecule has 0 atom stereocenters. The monoisotopic (exact) mass is 330 g/mol. The van der Waals surface area contributed by atoms with Crippen LogP contribution in [0.3, 0.4) is 0 Å². The number of anilines is 1. The highest BCUT2D eigenvalue weighted by molar-refractivity contribution is 9.10. The number of aromatic nitrogens is 3. The number of Topliss-reactive ketones (excluding diaryl/α,β-unsaturated/α-hetero) is 1. The number of benzene rings is 1. The number of nitrogen functional groups attached to an aromatic ring is 1. The Bertz CT molecular complexity index is 825. The lowest BCUT2D eigenvalue weighted by atomic mass is 10.1. The Morgan fingerprint density at radius 1 is 1.40 bits per heavy atom. The first-order chi connectivity index (χ1) is 9.58. The van der Waals surface area contributed by atoms with Crippen LogP contribution in [0.25, 0.3) is 16.9 Å². The largest absolute Gasteiger partial charge is 0.382 e. The fraction of sp³-hybridized carbons (Fsp3) is 0.0714. The van der Waals surface area contributed by atoms with Gasteiger partial charge >= 0.3 is 0 Å². The highest BCUT2D eigenvalue weighted by Gasteiger charge is 2.14. The lowest BCUT2D eigenvalue weighted by Gasteiger charge is -2.03. The maximum atomic E-state index is 11.5. The van der Waals surface area contributed by atoms with Crippen LogP contribution in [0.4, 0.5) is 5.82 Å². The van der Waals surface area contributed by atoms with Crippen molar-refractivity contribution in [1.29, 1.82) is 0 Å². The molecule has 0 radical (unpaired) electrons. The molecule has 100 valence electrons. The van der Waals surface area contributed by atoms with Gasteiger partial charge < -0.3 is 5.73 Å². The minimum atomic E-state index is 0.0213. The van der Waals surface area contributed by atoms with Gasteiger partial charge in [0, 0.05) is 23.5 Å². The molecule has 0 saturated carbocycles. The van der Waals surface area contributed by atoms with Gasteiger partial charge in [-0.3, -0.25) is 9.20 Å². The van der Waals surface area contributed by atoms with E-state index < -0.39 is 0 Å². The number of carbonyl (C=O) groups excluding carboxylic acids is 1. The molecule has 0 aliphatic heterocycles. The Labute approximate surface area is 123 Å². The summed E-state index contributed by atoms with van der Waals surface area (Å²) in [6, 6.07) is 7.35. The molecule has 5 nitrogen and oxygen atoms in total. The zero-order valence-electron chi connectivity index (χ0n) is 10.7. The highest BCUT2D eigenvalue weighted by atomic mass is 79.9. The SMILES string of the molecule is CC(=O)c1cccc(-c2nc(Br)c3c(N)nccn23)c1. The summed E-state index contributed by atoms with van der Waals surface area (Å²) in [4.78, 5) is 20.0. The summed E-state index contributed by atoms with van der Waals surface area (Å²) in [6.07, 6.45) is 3.41. The van der Waals surface area contributed by atoms with Crippen LogP contribution in [0, 0.1) is 0 Å². The average Bonchev–Trinajstić information content (AvgIpc) is 2.78. The van der Waals surface area contributed by atoms with Gasteiger partial charge in [0.1, 0.15) is 15.9 Å². The third-order valence-electron chi connectivity index (χ3n) is 3.07. The fourth-order valence-corrected chi connectivity index (χ4v) is 2.66. The summed E-state index contributed by atoms with van der Waals surface area (Å²) in [5.41, 5.74) is 8.09. The first-order valence-corrected chi connectivity index (χ1v) is 6.76. The predicted octanol–water partition coefficient (Wildman–Crippen LogP) is 2.94. The summed E-state index contributed by atoms with van der Waals surface area (Å²) in [6.45, 7) is 1.54. The number of hydrogen-bond donors (Lipinski definition) is 1. The van der Waals surface area contributed by atoms with Crippen molar-refractivity contribution in [1.82, 2.24) is 14.4 Å². The summed E-state index contributed by atoms with van der Waals surface area (Å²) in [5, 5.41) is 0. The van der Waals surface area contributed by atoms with E-state index in [2.05, 4.69) is 25.9 Å². The van der Waals surface area contributed by atoms with Crippen molar-refractivity contribution in [3.05, 3.63) is 46.8 Å². The number of nitrogens with two attached hydrogens (primary N) is 1. The lowest BCUT2D eigenvalue weighted by molar-refractivity contribution is 0.101. The van der Waals surface area contributed by atoms with E-state index in [0.717, 1.165) is 11.1 Å². The lowest BCUT2D eigenvalue weighted by Crippen LogP contribution is -1.97. The van der Waals surface area contributed by atoms with Gasteiger partial charge in [0.05, 0.1) is 0 Å². The molecule has 0 fully saturated rings. The highest BCUT2D eigenvalue weighted by Crippen LogP contribution is 2.28. The minimum Gasteiger partial charge on any atom is -0.382 e. The fourth-order valence-electron chi connectivity index (χ4n) is 2.10. The molecule has 0 aliphatic rings. The Morgan fingerprint density at radius 3 is 2.95 bits per heavy atom. The van der Waals surface area contributed by atoms with Crippen LogP contribution in [0.2, 0.25) is 0 Å². The van der Waals surface area contributed by atoms with E-state index in [1.807, 2.05) is 22.6 Å². The Kier molecular flexibility index (Phi) is 3.02. The number of fused-ring (bicyclic) bond motifs is 1. The number of nitrogens with zero attached hydrogens (tertiary/aromatic N) is 3. The average molecular weight is 331 g/mol. The summed E-state index contributed by atoms with van der Waals surface area (Å²) in [5.74, 6) is 1.14. The molecule has 0 aliphatic carbocycles. The van der Waals surface area contributed by atoms with Crippen molar-refractivity contribution in [2.75, 3.05) is 5.73 Å². The maximum Gasteiger partial charge on any atom is 0.159 e. The van der Waals surface area contributed by atoms with Crippen molar-refractivity contribution in [3.63, 3.8) is 0 Å². The number of rotatable bonds is 2. The van der Waals surface area contributed by atoms with E-state index in [9.17, 15) is 4.79 Å². The number of imidazole rings is 1. The van der Waals surface area contributed by atoms with Crippen molar-refractivity contribution in [2.45, 2.75) is 6.92 Å². The second kappa shape index (κ2) is 4.72. The molecule has 0 saturated heterocycles. The van der Waals surface area contributed by atoms with Gasteiger partial charge in [-0.05, 0) is 28.9 Å². The van der Waals surface area contributed by atoms with Crippen LogP contribution in [0.15, 0.2) is 41.3 Å². The molecule has 3 rings (SSSR count). The molecular weight excluding hydrogens is 320 g/mol. The second-order valence-corrected chi connectivity index (χ2v) is 5.15. The van der Waals surface area contributed by atoms with E-state index in [4.69, 9.17) is 5.73 Å². The van der Waals surface area contributed by atoms with Gasteiger partial charge in [-0.15, -0.1) is 0 Å². The van der Waals surface area contributed by atoms with Crippen molar-refractivity contribution in [3.8, 4) is 11.4 Å². The van der Waals surface area contributed by atoms with Gasteiger partial charge in [-0.25, -0.2) is 9.97 Å². The van der Waals surface area contributed by atoms with Gasteiger partial charge in [0.2, 0.25) is 0 Å². The van der Waals surface area contributed by atoms with Gasteiger partial charge in [0.25, 0.3) is 0 Å². The number of carbonyl (C=O) groups is 1. The molecule has 2 N–H and O–H groups in total. The molecule has 2 aromatic heterocycles. The number of hydrogen-bond acceptors (Lipinski definition) is 4. The molecule has 2 heterocycles. The molecule has 6 heteroatoms. The zero-order valence-corrected chi connectivity index (χ0v) is 12.3. The van der Waals surface area contributed by atoms with Crippen LogP contribution >= 0.6 is 15.9 Å². The van der Waals surface area contributed by atoms with Gasteiger partial charge in [-0.1, -0.05) is 18.2 Å². The van der Waals surface area contributed by atoms with Crippen molar-refractivity contribution >= 4 is 33.0 Å². The molecule has 0 unspecified atom stereocenters. The van der Waals surface area contributed by atoms with Crippen molar-refractivity contribution < 1.29 is 4.79 Å². The zero-order chi connectivity index (χ0) is 14.3. The molecule has 0 amide bonds. The topological polar surface area (TPSA) is 73.3 Å². The maximum absolute atomic E-state index is 11.5. The predicted molar refractivity (Wildman–Crippen MR) is 80.5 cm³/mol. The van der Waals surface area contributed by atoms with Crippen LogP contribution in [-0.2, 0) is 0 Å². The summed E-state index contributed by atoms with van der Waals surface area (Å²) >= 11 is 3.39. The first kappa shape index (κ1) is 12.8. The van der Waals surface area contributed by atoms with Crippen LogP contribution in [-0.4, -0.2) is 20.2 Å². The van der Waals surface area contributed by atoms with Crippen molar-refractivity contribution in [2.24, 2.45) is 0 Å². The summed E-state index contributed by atoms with van der Waals surface area (Å²) in [7, 11) is 0. The van der Waals surface area contributed by atoms with E-state index in [0.29, 0.717) is 21.8 Å². The van der Waals surface area contributed by atoms with E-state index in [1.165, 1.54) is 0 Å². The Balaban J connectivity index is 2.28. The third kappa shape index (κ3) is 1.98. The van der Waals surface area contributed by atoms with E-state index >= 15 is 0 Å². The quantitative estimate of drug-likeness (QED) is 0.733. The smallest absolute Gasteiger partial charge is 0.159 e. The van der Waals surface area contributed by atoms with Crippen LogP contribution in [0.5, 0.6) is 0 Å². The Hall–Kier alpha value is -2.21. The number of ketones is 1. The van der Waals surface area contributed by atoms with Gasteiger partial charge in [0.15, 0.2) is 11.6 Å². The summed E-state index contributed by atoms with van der Waals surface area (Å²) < 4.78 is 2.48. The molecule has 0 spiro atoms. The third-order valence-corrected chi connectivity index (χ3v) is 3.62. The molecule has 1 aromatic carbocycles. The standard InChI is InChI=1S/C14H11BrN4O/c1-8(20)9-3-2-4-10(7-9)14-18-12(15)11-13(16)17-5-6-19(11)14/h2-7H,1H3,(H2,16,17). The van der Waals surface area contributed by atoms with E-state index in [1.54, 1.807) is 25.4 Å². The van der Waals surface area contributed by atoms with E-state index in [-0.39, 0.29) is 5.78 Å². The molecule has 20 heavy (non-hydrogen) atoms. The molecule has 3 aromatic rings. The van der Waals surface area contributed by atoms with Crippen LogP contribution in [0.1, 0.15) is 17.3 Å². The Morgan fingerprint density at radius 2 is 2.20 bits per heavy atom. The normalized spacial score (nSPS) is 10.9. The molecule has 0 bridgehead atoms. The second-order valence-electron chi connectivity index (χ2n) is 4.39. The first-order valence-electron chi connectivity index (χ1n) is 5.97.